The number of benzene rings is 3. The van der Waals surface area contributed by atoms with Gasteiger partial charge in [0.2, 0.25) is 11.8 Å². The van der Waals surface area contributed by atoms with Crippen molar-refractivity contribution >= 4 is 46.1 Å². The number of hydrogen-bond donors (Lipinski definition) is 2. The Labute approximate surface area is 212 Å². The normalized spacial score (nSPS) is 11.4. The van der Waals surface area contributed by atoms with Crippen LogP contribution in [-0.4, -0.2) is 35.1 Å². The van der Waals surface area contributed by atoms with Crippen LogP contribution in [0.5, 0.6) is 11.6 Å². The standard InChI is InChI=1S/C27H23ClN4O4/c1-36-23-13-7-3-8-18(23)14-15-24(33)29-16-25(34)30-31-26-20-10-4-6-12-22(20)32(27(26)35)17-19-9-2-5-11-21(19)28/h2-15,35H,16-17H2,1H3,(H,29,33). The lowest BCUT2D eigenvalue weighted by Crippen LogP contribution is -2.26. The zero-order chi connectivity index (χ0) is 25.5. The highest BCUT2D eigenvalue weighted by molar-refractivity contribution is 6.31. The van der Waals surface area contributed by atoms with E-state index >= 15 is 0 Å². The molecule has 0 saturated heterocycles. The van der Waals surface area contributed by atoms with Crippen LogP contribution in [0.1, 0.15) is 11.1 Å². The summed E-state index contributed by atoms with van der Waals surface area (Å²) in [6.07, 6.45) is 2.89. The van der Waals surface area contributed by atoms with Crippen molar-refractivity contribution < 1.29 is 19.4 Å². The SMILES string of the molecule is COc1ccccc1C=CC(=O)NCC(=O)N=Nc1c(O)n(Cc2ccccc2Cl)c2ccccc12. The Morgan fingerprint density at radius 3 is 2.58 bits per heavy atom. The van der Waals surface area contributed by atoms with Crippen LogP contribution in [0.15, 0.2) is 89.1 Å². The van der Waals surface area contributed by atoms with Crippen LogP contribution in [-0.2, 0) is 16.1 Å². The van der Waals surface area contributed by atoms with Crippen molar-refractivity contribution in [3.63, 3.8) is 0 Å². The first-order chi connectivity index (χ1) is 17.5. The summed E-state index contributed by atoms with van der Waals surface area (Å²) >= 11 is 6.29. The van der Waals surface area contributed by atoms with Gasteiger partial charge < -0.3 is 19.7 Å². The number of nitrogens with zero attached hydrogens (tertiary/aromatic N) is 3. The van der Waals surface area contributed by atoms with E-state index in [4.69, 9.17) is 16.3 Å². The van der Waals surface area contributed by atoms with Gasteiger partial charge in [-0.25, -0.2) is 0 Å². The van der Waals surface area contributed by atoms with Gasteiger partial charge in [-0.15, -0.1) is 10.2 Å². The molecule has 0 unspecified atom stereocenters. The van der Waals surface area contributed by atoms with E-state index in [0.29, 0.717) is 28.2 Å². The minimum Gasteiger partial charge on any atom is -0.496 e. The maximum absolute atomic E-state index is 12.3. The second-order valence-corrected chi connectivity index (χ2v) is 8.16. The number of rotatable bonds is 8. The zero-order valence-corrected chi connectivity index (χ0v) is 20.1. The number of methoxy groups -OCH3 is 1. The smallest absolute Gasteiger partial charge is 0.283 e. The quantitative estimate of drug-likeness (QED) is 0.245. The maximum Gasteiger partial charge on any atom is 0.283 e. The average Bonchev–Trinajstić information content (AvgIpc) is 3.16. The second-order valence-electron chi connectivity index (χ2n) is 7.75. The van der Waals surface area contributed by atoms with E-state index in [0.717, 1.165) is 11.1 Å². The van der Waals surface area contributed by atoms with Crippen molar-refractivity contribution in [2.45, 2.75) is 6.54 Å². The highest BCUT2D eigenvalue weighted by Crippen LogP contribution is 2.39. The molecule has 0 atom stereocenters. The molecule has 36 heavy (non-hydrogen) atoms. The monoisotopic (exact) mass is 502 g/mol. The Morgan fingerprint density at radius 2 is 1.78 bits per heavy atom. The minimum absolute atomic E-state index is 0.142. The number of para-hydroxylation sites is 2. The number of fused-ring (bicyclic) bond motifs is 1. The van der Waals surface area contributed by atoms with Crippen LogP contribution in [0, 0.1) is 0 Å². The summed E-state index contributed by atoms with van der Waals surface area (Å²) in [4.78, 5) is 24.4. The molecule has 0 radical (unpaired) electrons. The third-order valence-electron chi connectivity index (χ3n) is 5.43. The number of halogens is 1. The number of carbonyl (C=O) groups is 2. The van der Waals surface area contributed by atoms with Gasteiger partial charge >= 0.3 is 0 Å². The molecule has 3 aromatic carbocycles. The Balaban J connectivity index is 1.46. The van der Waals surface area contributed by atoms with E-state index in [1.807, 2.05) is 42.5 Å². The van der Waals surface area contributed by atoms with Crippen molar-refractivity contribution in [1.82, 2.24) is 9.88 Å². The van der Waals surface area contributed by atoms with Crippen molar-refractivity contribution in [3.05, 3.63) is 95.0 Å². The molecule has 182 valence electrons. The lowest BCUT2D eigenvalue weighted by atomic mass is 10.2. The molecule has 1 heterocycles. The lowest BCUT2D eigenvalue weighted by Gasteiger charge is -2.08. The number of carbonyl (C=O) groups excluding carboxylic acids is 2. The summed E-state index contributed by atoms with van der Waals surface area (Å²) in [5.41, 5.74) is 2.42. The Morgan fingerprint density at radius 1 is 1.06 bits per heavy atom. The summed E-state index contributed by atoms with van der Waals surface area (Å²) in [6.45, 7) is -0.0400. The van der Waals surface area contributed by atoms with Crippen molar-refractivity contribution in [1.29, 1.82) is 0 Å². The molecule has 2 N–H and O–H groups in total. The number of ether oxygens (including phenoxy) is 1. The molecule has 2 amide bonds. The van der Waals surface area contributed by atoms with Gasteiger partial charge in [0.15, 0.2) is 5.69 Å². The van der Waals surface area contributed by atoms with E-state index in [2.05, 4.69) is 15.5 Å². The molecule has 4 aromatic rings. The molecule has 0 fully saturated rings. The predicted octanol–water partition coefficient (Wildman–Crippen LogP) is 5.50. The van der Waals surface area contributed by atoms with Gasteiger partial charge in [-0.3, -0.25) is 9.59 Å². The van der Waals surface area contributed by atoms with Gasteiger partial charge in [0.1, 0.15) is 12.3 Å². The highest BCUT2D eigenvalue weighted by Gasteiger charge is 2.17. The molecule has 0 aliphatic heterocycles. The van der Waals surface area contributed by atoms with Crippen LogP contribution in [0.2, 0.25) is 5.02 Å². The average molecular weight is 503 g/mol. The van der Waals surface area contributed by atoms with Gasteiger partial charge in [0.25, 0.3) is 5.91 Å². The first-order valence-corrected chi connectivity index (χ1v) is 11.4. The number of nitrogens with one attached hydrogen (secondary N) is 1. The number of amides is 2. The molecule has 0 spiro atoms. The molecule has 0 saturated carbocycles. The summed E-state index contributed by atoms with van der Waals surface area (Å²) in [5.74, 6) is -0.656. The number of hydrogen-bond acceptors (Lipinski definition) is 5. The van der Waals surface area contributed by atoms with E-state index in [-0.39, 0.29) is 18.1 Å². The van der Waals surface area contributed by atoms with Gasteiger partial charge in [0, 0.05) is 22.0 Å². The van der Waals surface area contributed by atoms with Crippen LogP contribution in [0.4, 0.5) is 5.69 Å². The van der Waals surface area contributed by atoms with Crippen molar-refractivity contribution in [2.75, 3.05) is 13.7 Å². The number of aromatic hydroxyl groups is 1. The minimum atomic E-state index is -0.670. The van der Waals surface area contributed by atoms with E-state index < -0.39 is 11.8 Å². The Hall–Kier alpha value is -4.43. The summed E-state index contributed by atoms with van der Waals surface area (Å²) < 4.78 is 6.89. The third kappa shape index (κ3) is 5.61. The van der Waals surface area contributed by atoms with E-state index in [9.17, 15) is 14.7 Å². The third-order valence-corrected chi connectivity index (χ3v) is 5.80. The highest BCUT2D eigenvalue weighted by atomic mass is 35.5. The van der Waals surface area contributed by atoms with Crippen LogP contribution < -0.4 is 10.1 Å². The van der Waals surface area contributed by atoms with Crippen LogP contribution in [0.3, 0.4) is 0 Å². The molecule has 0 aliphatic rings. The zero-order valence-electron chi connectivity index (χ0n) is 19.4. The Bertz CT molecular complexity index is 1480. The largest absolute Gasteiger partial charge is 0.496 e. The first kappa shape index (κ1) is 24.7. The molecular formula is C27H23ClN4O4. The van der Waals surface area contributed by atoms with Crippen LogP contribution >= 0.6 is 11.6 Å². The molecule has 0 bridgehead atoms. The maximum atomic E-state index is 12.3. The summed E-state index contributed by atoms with van der Waals surface area (Å²) in [5, 5.41) is 22.2. The fraction of sp³-hybridized carbons (Fsp3) is 0.111. The van der Waals surface area contributed by atoms with E-state index in [1.165, 1.54) is 6.08 Å². The van der Waals surface area contributed by atoms with Crippen molar-refractivity contribution in [2.24, 2.45) is 10.2 Å². The molecule has 9 heteroatoms. The summed E-state index contributed by atoms with van der Waals surface area (Å²) in [7, 11) is 1.54. The van der Waals surface area contributed by atoms with Gasteiger partial charge in [-0.05, 0) is 29.8 Å². The fourth-order valence-corrected chi connectivity index (χ4v) is 3.86. The molecule has 8 nitrogen and oxygen atoms in total. The first-order valence-electron chi connectivity index (χ1n) is 11.0. The van der Waals surface area contributed by atoms with Crippen LogP contribution in [0.25, 0.3) is 17.0 Å². The number of azo groups is 1. The molecule has 4 rings (SSSR count). The van der Waals surface area contributed by atoms with Gasteiger partial charge in [-0.2, -0.15) is 0 Å². The topological polar surface area (TPSA) is 105 Å². The number of aromatic nitrogens is 1. The molecule has 0 aliphatic carbocycles. The lowest BCUT2D eigenvalue weighted by molar-refractivity contribution is -0.122. The van der Waals surface area contributed by atoms with Gasteiger partial charge in [0.05, 0.1) is 19.2 Å². The molecule has 1 aromatic heterocycles. The summed E-state index contributed by atoms with van der Waals surface area (Å²) in [6, 6.07) is 21.8. The second kappa shape index (κ2) is 11.3. The van der Waals surface area contributed by atoms with Gasteiger partial charge in [-0.1, -0.05) is 66.2 Å². The molecular weight excluding hydrogens is 480 g/mol. The van der Waals surface area contributed by atoms with E-state index in [1.54, 1.807) is 48.1 Å². The fourth-order valence-electron chi connectivity index (χ4n) is 3.66. The Kier molecular flexibility index (Phi) is 7.77. The predicted molar refractivity (Wildman–Crippen MR) is 139 cm³/mol. The van der Waals surface area contributed by atoms with Crippen molar-refractivity contribution in [3.8, 4) is 11.6 Å².